The number of piperidine rings is 1. The molecule has 4 atom stereocenters. The molecule has 0 saturated carbocycles. The summed E-state index contributed by atoms with van der Waals surface area (Å²) in [6.07, 6.45) is 6.74. The zero-order chi connectivity index (χ0) is 26.8. The summed E-state index contributed by atoms with van der Waals surface area (Å²) in [4.78, 5) is 39.7. The summed E-state index contributed by atoms with van der Waals surface area (Å²) in [6.45, 7) is 10.9. The first-order valence-electron chi connectivity index (χ1n) is 14.3. The molecule has 37 heavy (non-hydrogen) atoms. The van der Waals surface area contributed by atoms with Gasteiger partial charge in [0.25, 0.3) is 0 Å². The van der Waals surface area contributed by atoms with E-state index >= 15 is 0 Å². The van der Waals surface area contributed by atoms with Crippen molar-refractivity contribution < 1.29 is 19.1 Å². The highest BCUT2D eigenvalue weighted by Crippen LogP contribution is 2.22. The van der Waals surface area contributed by atoms with Crippen molar-refractivity contribution in [3.63, 3.8) is 0 Å². The number of rotatable bonds is 12. The fraction of sp³-hybridized carbons (Fsp3) is 0.700. The topological polar surface area (TPSA) is 87.7 Å². The van der Waals surface area contributed by atoms with E-state index < -0.39 is 0 Å². The standard InChI is InChI=1S/C30H47N3O4/c1-21-8-11-25(12-9-21)20-24(4)32-28(34)26-13-17-33(18-14-26)29(35)23(3)10-7-22(2)15-19-37-30(36)27-6-5-16-31-27/h8-9,11-12,22-24,26-27,31H,5-7,10,13-20H2,1-4H3,(H,32,34)/t22?,23-,24?,27?/m0/s1. The molecular formula is C30H47N3O4. The number of likely N-dealkylation sites (tertiary alicyclic amines) is 1. The fourth-order valence-electron chi connectivity index (χ4n) is 5.31. The number of hydrogen-bond donors (Lipinski definition) is 2. The van der Waals surface area contributed by atoms with E-state index in [0.717, 1.165) is 57.9 Å². The number of nitrogens with one attached hydrogen (secondary N) is 2. The number of ether oxygens (including phenoxy) is 1. The molecule has 2 N–H and O–H groups in total. The van der Waals surface area contributed by atoms with Crippen LogP contribution in [0.15, 0.2) is 24.3 Å². The quantitative estimate of drug-likeness (QED) is 0.412. The smallest absolute Gasteiger partial charge is 0.323 e. The number of aryl methyl sites for hydroxylation is 1. The summed E-state index contributed by atoms with van der Waals surface area (Å²) in [5, 5.41) is 6.34. The maximum atomic E-state index is 13.0. The van der Waals surface area contributed by atoms with Gasteiger partial charge in [-0.1, -0.05) is 43.7 Å². The summed E-state index contributed by atoms with van der Waals surface area (Å²) < 4.78 is 5.42. The lowest BCUT2D eigenvalue weighted by Gasteiger charge is -2.33. The van der Waals surface area contributed by atoms with Crippen molar-refractivity contribution in [2.24, 2.45) is 17.8 Å². The Hall–Kier alpha value is -2.41. The minimum absolute atomic E-state index is 0.0259. The van der Waals surface area contributed by atoms with Gasteiger partial charge >= 0.3 is 5.97 Å². The van der Waals surface area contributed by atoms with Gasteiger partial charge in [0.1, 0.15) is 6.04 Å². The lowest BCUT2D eigenvalue weighted by atomic mass is 9.92. The normalized spacial score (nSPS) is 20.8. The van der Waals surface area contributed by atoms with Crippen LogP contribution in [0.5, 0.6) is 0 Å². The third-order valence-corrected chi connectivity index (χ3v) is 7.94. The van der Waals surface area contributed by atoms with E-state index in [-0.39, 0.29) is 41.7 Å². The van der Waals surface area contributed by atoms with Gasteiger partial charge in [-0.3, -0.25) is 14.4 Å². The second-order valence-corrected chi connectivity index (χ2v) is 11.4. The Labute approximate surface area is 223 Å². The Balaban J connectivity index is 1.30. The van der Waals surface area contributed by atoms with Crippen LogP contribution in [0.25, 0.3) is 0 Å². The molecular weight excluding hydrogens is 466 g/mol. The average molecular weight is 514 g/mol. The highest BCUT2D eigenvalue weighted by molar-refractivity contribution is 5.81. The molecule has 3 unspecified atom stereocenters. The van der Waals surface area contributed by atoms with Crippen LogP contribution < -0.4 is 10.6 Å². The van der Waals surface area contributed by atoms with Crippen LogP contribution in [0.1, 0.15) is 76.8 Å². The molecule has 7 heteroatoms. The molecule has 2 saturated heterocycles. The minimum atomic E-state index is -0.134. The fourth-order valence-corrected chi connectivity index (χ4v) is 5.31. The predicted octanol–water partition coefficient (Wildman–Crippen LogP) is 4.02. The highest BCUT2D eigenvalue weighted by Gasteiger charge is 2.30. The van der Waals surface area contributed by atoms with Gasteiger partial charge < -0.3 is 20.3 Å². The summed E-state index contributed by atoms with van der Waals surface area (Å²) in [6, 6.07) is 8.39. The third-order valence-electron chi connectivity index (χ3n) is 7.94. The van der Waals surface area contributed by atoms with Gasteiger partial charge in [-0.05, 0) is 83.2 Å². The Morgan fingerprint density at radius 3 is 2.38 bits per heavy atom. The zero-order valence-corrected chi connectivity index (χ0v) is 23.3. The Morgan fingerprint density at radius 2 is 1.73 bits per heavy atom. The van der Waals surface area contributed by atoms with Crippen LogP contribution >= 0.6 is 0 Å². The molecule has 0 bridgehead atoms. The molecule has 3 rings (SSSR count). The van der Waals surface area contributed by atoms with Gasteiger partial charge in [0.05, 0.1) is 6.61 Å². The van der Waals surface area contributed by atoms with E-state index in [1.807, 2.05) is 11.8 Å². The van der Waals surface area contributed by atoms with Crippen molar-refractivity contribution >= 4 is 17.8 Å². The van der Waals surface area contributed by atoms with Gasteiger partial charge in [0, 0.05) is 31.0 Å². The Bertz CT molecular complexity index is 873. The van der Waals surface area contributed by atoms with Crippen LogP contribution in [0.3, 0.4) is 0 Å². The molecule has 1 aromatic carbocycles. The molecule has 2 aliphatic rings. The number of carbonyl (C=O) groups is 3. The summed E-state index contributed by atoms with van der Waals surface area (Å²) in [5.41, 5.74) is 2.46. The number of benzene rings is 1. The molecule has 0 aliphatic carbocycles. The van der Waals surface area contributed by atoms with Gasteiger partial charge in [-0.15, -0.1) is 0 Å². The molecule has 0 aromatic heterocycles. The van der Waals surface area contributed by atoms with Crippen LogP contribution in [-0.4, -0.2) is 61.0 Å². The SMILES string of the molecule is Cc1ccc(CC(C)NC(=O)C2CCN(C(=O)[C@@H](C)CCC(C)CCOC(=O)C3CCCN3)CC2)cc1. The Morgan fingerprint density at radius 1 is 1.03 bits per heavy atom. The summed E-state index contributed by atoms with van der Waals surface area (Å²) >= 11 is 0. The van der Waals surface area contributed by atoms with E-state index in [2.05, 4.69) is 55.7 Å². The van der Waals surface area contributed by atoms with E-state index in [4.69, 9.17) is 4.74 Å². The van der Waals surface area contributed by atoms with Crippen LogP contribution in [0, 0.1) is 24.7 Å². The van der Waals surface area contributed by atoms with E-state index in [1.165, 1.54) is 11.1 Å². The maximum absolute atomic E-state index is 13.0. The maximum Gasteiger partial charge on any atom is 0.323 e. The van der Waals surface area contributed by atoms with Crippen molar-refractivity contribution in [1.29, 1.82) is 0 Å². The molecule has 1 aromatic rings. The molecule has 2 fully saturated rings. The number of carbonyl (C=O) groups excluding carboxylic acids is 3. The van der Waals surface area contributed by atoms with Gasteiger partial charge in [0.2, 0.25) is 11.8 Å². The van der Waals surface area contributed by atoms with Crippen molar-refractivity contribution in [2.45, 2.75) is 91.1 Å². The molecule has 2 heterocycles. The zero-order valence-electron chi connectivity index (χ0n) is 23.3. The molecule has 7 nitrogen and oxygen atoms in total. The first-order chi connectivity index (χ1) is 17.7. The van der Waals surface area contributed by atoms with Crippen molar-refractivity contribution in [3.8, 4) is 0 Å². The van der Waals surface area contributed by atoms with Gasteiger partial charge in [-0.25, -0.2) is 0 Å². The second kappa shape index (κ2) is 14.5. The van der Waals surface area contributed by atoms with E-state index in [0.29, 0.717) is 25.6 Å². The second-order valence-electron chi connectivity index (χ2n) is 11.4. The summed E-state index contributed by atoms with van der Waals surface area (Å²) in [7, 11) is 0. The van der Waals surface area contributed by atoms with E-state index in [9.17, 15) is 14.4 Å². The van der Waals surface area contributed by atoms with Crippen LogP contribution in [0.4, 0.5) is 0 Å². The molecule has 2 amide bonds. The molecule has 206 valence electrons. The number of esters is 1. The van der Waals surface area contributed by atoms with Gasteiger partial charge in [-0.2, -0.15) is 0 Å². The lowest BCUT2D eigenvalue weighted by Crippen LogP contribution is -2.46. The van der Waals surface area contributed by atoms with Crippen molar-refractivity contribution in [1.82, 2.24) is 15.5 Å². The van der Waals surface area contributed by atoms with Crippen molar-refractivity contribution in [3.05, 3.63) is 35.4 Å². The number of nitrogens with zero attached hydrogens (tertiary/aromatic N) is 1. The van der Waals surface area contributed by atoms with E-state index in [1.54, 1.807) is 0 Å². The Kier molecular flexibility index (Phi) is 11.4. The van der Waals surface area contributed by atoms with Gasteiger partial charge in [0.15, 0.2) is 0 Å². The first kappa shape index (κ1) is 29.2. The number of amides is 2. The molecule has 0 radical (unpaired) electrons. The summed E-state index contributed by atoms with van der Waals surface area (Å²) in [5.74, 6) is 0.507. The largest absolute Gasteiger partial charge is 0.465 e. The minimum Gasteiger partial charge on any atom is -0.465 e. The van der Waals surface area contributed by atoms with Crippen molar-refractivity contribution in [2.75, 3.05) is 26.2 Å². The average Bonchev–Trinajstić information content (AvgIpc) is 3.43. The first-order valence-corrected chi connectivity index (χ1v) is 14.3. The van der Waals surface area contributed by atoms with Crippen LogP contribution in [-0.2, 0) is 25.5 Å². The third kappa shape index (κ3) is 9.44. The predicted molar refractivity (Wildman–Crippen MR) is 146 cm³/mol. The molecule has 2 aliphatic heterocycles. The van der Waals surface area contributed by atoms with Crippen LogP contribution in [0.2, 0.25) is 0 Å². The highest BCUT2D eigenvalue weighted by atomic mass is 16.5. The molecule has 0 spiro atoms. The monoisotopic (exact) mass is 513 g/mol. The number of hydrogen-bond acceptors (Lipinski definition) is 5. The lowest BCUT2D eigenvalue weighted by molar-refractivity contribution is -0.146.